The van der Waals surface area contributed by atoms with Gasteiger partial charge < -0.3 is 13.9 Å². The Labute approximate surface area is 207 Å². The summed E-state index contributed by atoms with van der Waals surface area (Å²) in [5.74, 6) is 1.22. The van der Waals surface area contributed by atoms with Gasteiger partial charge in [0, 0.05) is 5.02 Å². The van der Waals surface area contributed by atoms with Crippen LogP contribution in [-0.2, 0) is 4.79 Å². The summed E-state index contributed by atoms with van der Waals surface area (Å²) < 4.78 is 18.5. The molecule has 2 heterocycles. The molecule has 0 spiro atoms. The second-order valence-corrected chi connectivity index (χ2v) is 9.58. The Hall–Kier alpha value is -2.72. The molecule has 0 aliphatic rings. The zero-order chi connectivity index (χ0) is 23.2. The zero-order valence-electron chi connectivity index (χ0n) is 17.2. The van der Waals surface area contributed by atoms with Crippen LogP contribution in [0.15, 0.2) is 67.5 Å². The second kappa shape index (κ2) is 10.9. The number of hydrogen-bond donors (Lipinski definition) is 1. The molecule has 0 bridgehead atoms. The molecule has 4 aromatic rings. The number of ether oxygens (including phenoxy) is 2. The van der Waals surface area contributed by atoms with E-state index in [0.717, 1.165) is 20.3 Å². The van der Waals surface area contributed by atoms with Crippen LogP contribution in [0.25, 0.3) is 10.2 Å². The number of halogens is 2. The summed E-state index contributed by atoms with van der Waals surface area (Å²) in [6.45, 7) is 2.32. The van der Waals surface area contributed by atoms with Gasteiger partial charge in [-0.15, -0.1) is 11.3 Å². The van der Waals surface area contributed by atoms with E-state index < -0.39 is 5.91 Å². The van der Waals surface area contributed by atoms with Crippen LogP contribution in [0.3, 0.4) is 0 Å². The Bertz CT molecular complexity index is 1310. The predicted octanol–water partition coefficient (Wildman–Crippen LogP) is 6.28. The van der Waals surface area contributed by atoms with Crippen molar-refractivity contribution in [2.45, 2.75) is 16.4 Å². The van der Waals surface area contributed by atoms with Crippen LogP contribution in [0.1, 0.15) is 12.7 Å². The second-order valence-electron chi connectivity index (χ2n) is 6.46. The number of rotatable bonds is 9. The highest BCUT2D eigenvalue weighted by Crippen LogP contribution is 2.36. The molecule has 170 valence electrons. The van der Waals surface area contributed by atoms with E-state index in [1.54, 1.807) is 29.5 Å². The number of carbonyl (C=O) groups excluding carboxylic acids is 1. The van der Waals surface area contributed by atoms with E-state index in [1.807, 2.05) is 31.2 Å². The first-order valence-corrected chi connectivity index (χ1v) is 12.1. The lowest BCUT2D eigenvalue weighted by atomic mass is 10.3. The maximum absolute atomic E-state index is 11.9. The fourth-order valence-electron chi connectivity index (χ4n) is 2.66. The SMILES string of the molecule is CCOc1ccc2nc(Sc3ccc(/C=N\NC(=O)COc4ccc(Cl)cc4Cl)o3)sc2c1. The van der Waals surface area contributed by atoms with Gasteiger partial charge in [0.1, 0.15) is 17.3 Å². The summed E-state index contributed by atoms with van der Waals surface area (Å²) in [6, 6.07) is 14.1. The number of hydrogen-bond acceptors (Lipinski definition) is 8. The maximum atomic E-state index is 11.9. The number of carbonyl (C=O) groups is 1. The minimum absolute atomic E-state index is 0.249. The van der Waals surface area contributed by atoms with E-state index >= 15 is 0 Å². The maximum Gasteiger partial charge on any atom is 0.277 e. The van der Waals surface area contributed by atoms with E-state index in [9.17, 15) is 4.79 Å². The van der Waals surface area contributed by atoms with Gasteiger partial charge in [-0.1, -0.05) is 23.2 Å². The quantitative estimate of drug-likeness (QED) is 0.206. The average Bonchev–Trinajstić information content (AvgIpc) is 3.39. The van der Waals surface area contributed by atoms with Crippen LogP contribution >= 0.6 is 46.3 Å². The van der Waals surface area contributed by atoms with Gasteiger partial charge in [0.05, 0.1) is 28.1 Å². The fourth-order valence-corrected chi connectivity index (χ4v) is 5.13. The molecule has 4 rings (SSSR count). The van der Waals surface area contributed by atoms with E-state index in [2.05, 4.69) is 15.5 Å². The van der Waals surface area contributed by atoms with E-state index in [0.29, 0.717) is 33.3 Å². The standard InChI is InChI=1S/C22H17Cl2N3O4S2/c1-2-29-14-4-6-17-19(10-14)32-22(26-17)33-21-8-5-15(31-21)11-25-27-20(28)12-30-18-7-3-13(23)9-16(18)24/h3-11H,2,12H2,1H3,(H,27,28)/b25-11-. The molecule has 0 atom stereocenters. The van der Waals surface area contributed by atoms with Crippen molar-refractivity contribution in [2.75, 3.05) is 13.2 Å². The van der Waals surface area contributed by atoms with Crippen LogP contribution < -0.4 is 14.9 Å². The van der Waals surface area contributed by atoms with Crippen molar-refractivity contribution >= 4 is 68.6 Å². The number of benzene rings is 2. The molecule has 7 nitrogen and oxygen atoms in total. The molecule has 1 amide bonds. The largest absolute Gasteiger partial charge is 0.494 e. The predicted molar refractivity (Wildman–Crippen MR) is 131 cm³/mol. The third kappa shape index (κ3) is 6.42. The summed E-state index contributed by atoms with van der Waals surface area (Å²) in [7, 11) is 0. The summed E-state index contributed by atoms with van der Waals surface area (Å²) in [5, 5.41) is 5.35. The highest BCUT2D eigenvalue weighted by Gasteiger charge is 2.10. The van der Waals surface area contributed by atoms with E-state index in [1.165, 1.54) is 24.0 Å². The molecule has 2 aromatic heterocycles. The lowest BCUT2D eigenvalue weighted by Gasteiger charge is -2.06. The Balaban J connectivity index is 1.29. The summed E-state index contributed by atoms with van der Waals surface area (Å²) in [6.07, 6.45) is 1.41. The van der Waals surface area contributed by atoms with Crippen molar-refractivity contribution in [2.24, 2.45) is 5.10 Å². The van der Waals surface area contributed by atoms with Crippen molar-refractivity contribution in [3.05, 3.63) is 64.3 Å². The minimum Gasteiger partial charge on any atom is -0.494 e. The third-order valence-corrected chi connectivity index (χ3v) is 6.60. The van der Waals surface area contributed by atoms with E-state index in [-0.39, 0.29) is 6.61 Å². The normalized spacial score (nSPS) is 11.2. The number of hydrazone groups is 1. The molecule has 1 N–H and O–H groups in total. The highest BCUT2D eigenvalue weighted by atomic mass is 35.5. The Morgan fingerprint density at radius 2 is 2.09 bits per heavy atom. The summed E-state index contributed by atoms with van der Waals surface area (Å²) in [5.41, 5.74) is 3.28. The van der Waals surface area contributed by atoms with Crippen LogP contribution in [0.2, 0.25) is 10.0 Å². The molecule has 0 saturated carbocycles. The number of amides is 1. The highest BCUT2D eigenvalue weighted by molar-refractivity contribution is 8.01. The van der Waals surface area contributed by atoms with Crippen molar-refractivity contribution in [3.63, 3.8) is 0 Å². The molecule has 2 aromatic carbocycles. The van der Waals surface area contributed by atoms with Gasteiger partial charge in [0.25, 0.3) is 5.91 Å². The van der Waals surface area contributed by atoms with Gasteiger partial charge in [-0.2, -0.15) is 5.10 Å². The Kier molecular flexibility index (Phi) is 7.77. The molecule has 11 heteroatoms. The van der Waals surface area contributed by atoms with Crippen molar-refractivity contribution < 1.29 is 18.7 Å². The van der Waals surface area contributed by atoms with Crippen LogP contribution in [0.4, 0.5) is 0 Å². The topological polar surface area (TPSA) is 86.0 Å². The summed E-state index contributed by atoms with van der Waals surface area (Å²) in [4.78, 5) is 16.5. The first-order valence-electron chi connectivity index (χ1n) is 9.71. The number of fused-ring (bicyclic) bond motifs is 1. The first-order chi connectivity index (χ1) is 16.0. The minimum atomic E-state index is -0.445. The number of nitrogens with zero attached hydrogens (tertiary/aromatic N) is 2. The van der Waals surface area contributed by atoms with Crippen molar-refractivity contribution in [1.29, 1.82) is 0 Å². The number of thiazole rings is 1. The molecule has 0 saturated heterocycles. The van der Waals surface area contributed by atoms with Crippen LogP contribution in [-0.4, -0.2) is 30.3 Å². The Morgan fingerprint density at radius 1 is 1.21 bits per heavy atom. The molecule has 33 heavy (non-hydrogen) atoms. The molecule has 0 aliphatic carbocycles. The van der Waals surface area contributed by atoms with Gasteiger partial charge in [-0.3, -0.25) is 4.79 Å². The van der Waals surface area contributed by atoms with Crippen molar-refractivity contribution in [3.8, 4) is 11.5 Å². The fraction of sp³-hybridized carbons (Fsp3) is 0.136. The summed E-state index contributed by atoms with van der Waals surface area (Å²) >= 11 is 14.8. The van der Waals surface area contributed by atoms with Gasteiger partial charge in [0.15, 0.2) is 16.0 Å². The van der Waals surface area contributed by atoms with Crippen molar-refractivity contribution in [1.82, 2.24) is 10.4 Å². The zero-order valence-corrected chi connectivity index (χ0v) is 20.4. The number of nitrogens with one attached hydrogen (secondary N) is 1. The smallest absolute Gasteiger partial charge is 0.277 e. The van der Waals surface area contributed by atoms with Gasteiger partial charge in [-0.25, -0.2) is 10.4 Å². The number of furan rings is 1. The van der Waals surface area contributed by atoms with Gasteiger partial charge in [-0.05, 0) is 67.2 Å². The molecule has 0 radical (unpaired) electrons. The van der Waals surface area contributed by atoms with Crippen LogP contribution in [0.5, 0.6) is 11.5 Å². The molecule has 0 fully saturated rings. The first kappa shape index (κ1) is 23.4. The molecule has 0 unspecified atom stereocenters. The third-order valence-electron chi connectivity index (χ3n) is 4.08. The number of aromatic nitrogens is 1. The molecule has 0 aliphatic heterocycles. The average molecular weight is 522 g/mol. The van der Waals surface area contributed by atoms with Crippen LogP contribution in [0, 0.1) is 0 Å². The lowest BCUT2D eigenvalue weighted by Crippen LogP contribution is -2.24. The van der Waals surface area contributed by atoms with Gasteiger partial charge >= 0.3 is 0 Å². The lowest BCUT2D eigenvalue weighted by molar-refractivity contribution is -0.123. The van der Waals surface area contributed by atoms with Gasteiger partial charge in [0.2, 0.25) is 0 Å². The Morgan fingerprint density at radius 3 is 2.91 bits per heavy atom. The molecular formula is C22H17Cl2N3O4S2. The van der Waals surface area contributed by atoms with E-state index in [4.69, 9.17) is 37.1 Å². The monoisotopic (exact) mass is 521 g/mol. The molecular weight excluding hydrogens is 505 g/mol.